The zero-order chi connectivity index (χ0) is 24.9. The van der Waals surface area contributed by atoms with Crippen LogP contribution in [0.5, 0.6) is 17.4 Å². The number of urea groups is 1. The quantitative estimate of drug-likeness (QED) is 0.449. The summed E-state index contributed by atoms with van der Waals surface area (Å²) in [5.74, 6) is 0.940. The Morgan fingerprint density at radius 2 is 1.89 bits per heavy atom. The van der Waals surface area contributed by atoms with Gasteiger partial charge in [0.2, 0.25) is 5.88 Å². The smallest absolute Gasteiger partial charge is 0.318 e. The molecule has 10 heteroatoms. The SMILES string of the molecule is CNC(=O)Nc1ccc(Oc2nc3cc(OCC4CCN(C)CC4)c(C(N)=O)cc3cc2Cl)cc1. The Labute approximate surface area is 208 Å². The van der Waals surface area contributed by atoms with Gasteiger partial charge in [-0.3, -0.25) is 4.79 Å². The number of piperidine rings is 1. The molecule has 0 radical (unpaired) electrons. The number of rotatable bonds is 7. The summed E-state index contributed by atoms with van der Waals surface area (Å²) in [6.45, 7) is 2.56. The average Bonchev–Trinajstić information content (AvgIpc) is 2.84. The van der Waals surface area contributed by atoms with E-state index in [1.165, 1.54) is 7.05 Å². The van der Waals surface area contributed by atoms with E-state index in [4.69, 9.17) is 26.8 Å². The molecule has 4 N–H and O–H groups in total. The standard InChI is InChI=1S/C25H28ClN5O4/c1-28-25(33)29-17-3-5-18(6-4-17)35-24-20(26)12-16-11-19(23(27)32)22(13-21(16)30-24)34-14-15-7-9-31(2)10-8-15/h3-6,11-13,15H,7-10,14H2,1-2H3,(H2,27,32)(H2,28,29,33). The molecule has 3 amide bonds. The summed E-state index contributed by atoms with van der Waals surface area (Å²) in [7, 11) is 3.65. The van der Waals surface area contributed by atoms with E-state index in [1.807, 2.05) is 0 Å². The van der Waals surface area contributed by atoms with Crippen LogP contribution in [0, 0.1) is 5.92 Å². The van der Waals surface area contributed by atoms with Crippen LogP contribution in [0.1, 0.15) is 23.2 Å². The van der Waals surface area contributed by atoms with E-state index >= 15 is 0 Å². The number of hydrogen-bond donors (Lipinski definition) is 3. The molecule has 1 fully saturated rings. The van der Waals surface area contributed by atoms with Gasteiger partial charge >= 0.3 is 6.03 Å². The number of nitrogens with one attached hydrogen (secondary N) is 2. The van der Waals surface area contributed by atoms with E-state index in [9.17, 15) is 9.59 Å². The number of benzene rings is 2. The van der Waals surface area contributed by atoms with Crippen molar-refractivity contribution in [3.05, 3.63) is 53.1 Å². The molecule has 0 aliphatic carbocycles. The van der Waals surface area contributed by atoms with Crippen LogP contribution in [0.4, 0.5) is 10.5 Å². The Balaban J connectivity index is 1.55. The van der Waals surface area contributed by atoms with Crippen molar-refractivity contribution in [2.45, 2.75) is 12.8 Å². The minimum Gasteiger partial charge on any atom is -0.492 e. The fourth-order valence-corrected chi connectivity index (χ4v) is 4.09. The first kappa shape index (κ1) is 24.6. The van der Waals surface area contributed by atoms with E-state index in [0.29, 0.717) is 40.6 Å². The number of likely N-dealkylation sites (tertiary alicyclic amines) is 1. The van der Waals surface area contributed by atoms with Crippen molar-refractivity contribution in [3.8, 4) is 17.4 Å². The normalized spacial score (nSPS) is 14.5. The maximum atomic E-state index is 12.1. The van der Waals surface area contributed by atoms with Crippen molar-refractivity contribution in [1.82, 2.24) is 15.2 Å². The van der Waals surface area contributed by atoms with Crippen molar-refractivity contribution >= 4 is 40.1 Å². The lowest BCUT2D eigenvalue weighted by Crippen LogP contribution is -2.32. The molecule has 35 heavy (non-hydrogen) atoms. The molecule has 3 aromatic rings. The molecule has 1 aliphatic heterocycles. The third-order valence-electron chi connectivity index (χ3n) is 5.97. The van der Waals surface area contributed by atoms with Gasteiger partial charge in [0.1, 0.15) is 16.5 Å². The monoisotopic (exact) mass is 497 g/mol. The lowest BCUT2D eigenvalue weighted by atomic mass is 9.98. The van der Waals surface area contributed by atoms with E-state index in [2.05, 4.69) is 27.6 Å². The Morgan fingerprint density at radius 1 is 1.17 bits per heavy atom. The Kier molecular flexibility index (Phi) is 7.57. The molecule has 4 rings (SSSR count). The number of pyridine rings is 1. The molecular weight excluding hydrogens is 470 g/mol. The van der Waals surface area contributed by atoms with Crippen LogP contribution in [0.15, 0.2) is 42.5 Å². The Bertz CT molecular complexity index is 1230. The number of primary amides is 1. The van der Waals surface area contributed by atoms with Gasteiger partial charge < -0.3 is 30.7 Å². The third kappa shape index (κ3) is 6.12. The minimum atomic E-state index is -0.577. The van der Waals surface area contributed by atoms with Crippen LogP contribution >= 0.6 is 11.6 Å². The third-order valence-corrected chi connectivity index (χ3v) is 6.24. The molecular formula is C25H28ClN5O4. The topological polar surface area (TPSA) is 119 Å². The van der Waals surface area contributed by atoms with Crippen molar-refractivity contribution in [2.75, 3.05) is 39.1 Å². The van der Waals surface area contributed by atoms with Crippen molar-refractivity contribution in [1.29, 1.82) is 0 Å². The summed E-state index contributed by atoms with van der Waals surface area (Å²) in [6, 6.07) is 11.5. The van der Waals surface area contributed by atoms with Crippen LogP contribution < -0.4 is 25.8 Å². The van der Waals surface area contributed by atoms with Gasteiger partial charge in [-0.1, -0.05) is 11.6 Å². The van der Waals surface area contributed by atoms with Crippen LogP contribution in [0.3, 0.4) is 0 Å². The number of nitrogens with zero attached hydrogens (tertiary/aromatic N) is 2. The van der Waals surface area contributed by atoms with Gasteiger partial charge in [0, 0.05) is 24.2 Å². The molecule has 2 heterocycles. The minimum absolute atomic E-state index is 0.208. The highest BCUT2D eigenvalue weighted by atomic mass is 35.5. The second kappa shape index (κ2) is 10.8. The maximum absolute atomic E-state index is 12.1. The van der Waals surface area contributed by atoms with Gasteiger partial charge in [-0.2, -0.15) is 0 Å². The summed E-state index contributed by atoms with van der Waals surface area (Å²) in [5.41, 5.74) is 7.08. The van der Waals surface area contributed by atoms with Gasteiger partial charge in [-0.15, -0.1) is 0 Å². The zero-order valence-electron chi connectivity index (χ0n) is 19.6. The van der Waals surface area contributed by atoms with Gasteiger partial charge in [-0.05, 0) is 75.3 Å². The molecule has 184 valence electrons. The highest BCUT2D eigenvalue weighted by Crippen LogP contribution is 2.34. The largest absolute Gasteiger partial charge is 0.492 e. The first-order valence-electron chi connectivity index (χ1n) is 11.3. The molecule has 2 aromatic carbocycles. The van der Waals surface area contributed by atoms with E-state index in [1.54, 1.807) is 42.5 Å². The summed E-state index contributed by atoms with van der Waals surface area (Å²) in [6.07, 6.45) is 2.08. The van der Waals surface area contributed by atoms with E-state index < -0.39 is 5.91 Å². The average molecular weight is 498 g/mol. The van der Waals surface area contributed by atoms with Gasteiger partial charge in [0.15, 0.2) is 0 Å². The van der Waals surface area contributed by atoms with Crippen LogP contribution in [-0.4, -0.2) is 55.6 Å². The van der Waals surface area contributed by atoms with Crippen molar-refractivity contribution in [3.63, 3.8) is 0 Å². The second-order valence-corrected chi connectivity index (χ2v) is 8.98. The number of carbonyl (C=O) groups excluding carboxylic acids is 2. The number of ether oxygens (including phenoxy) is 2. The Morgan fingerprint density at radius 3 is 2.54 bits per heavy atom. The lowest BCUT2D eigenvalue weighted by molar-refractivity contribution is 0.0993. The number of nitrogens with two attached hydrogens (primary N) is 1. The highest BCUT2D eigenvalue weighted by Gasteiger charge is 2.20. The number of aromatic nitrogens is 1. The van der Waals surface area contributed by atoms with Crippen molar-refractivity contribution in [2.24, 2.45) is 11.7 Å². The summed E-state index contributed by atoms with van der Waals surface area (Å²) >= 11 is 6.41. The number of fused-ring (bicyclic) bond motifs is 1. The maximum Gasteiger partial charge on any atom is 0.318 e. The molecule has 1 aromatic heterocycles. The first-order chi connectivity index (χ1) is 16.8. The van der Waals surface area contributed by atoms with Gasteiger partial charge in [-0.25, -0.2) is 9.78 Å². The summed E-state index contributed by atoms with van der Waals surface area (Å²) in [5, 5.41) is 6.09. The lowest BCUT2D eigenvalue weighted by Gasteiger charge is -2.28. The number of carbonyl (C=O) groups is 2. The molecule has 0 atom stereocenters. The van der Waals surface area contributed by atoms with Crippen molar-refractivity contribution < 1.29 is 19.1 Å². The van der Waals surface area contributed by atoms with E-state index in [-0.39, 0.29) is 22.5 Å². The molecule has 0 bridgehead atoms. The van der Waals surface area contributed by atoms with Gasteiger partial charge in [0.05, 0.1) is 17.7 Å². The number of halogens is 1. The summed E-state index contributed by atoms with van der Waals surface area (Å²) in [4.78, 5) is 30.4. The molecule has 0 spiro atoms. The van der Waals surface area contributed by atoms with E-state index in [0.717, 1.165) is 25.9 Å². The second-order valence-electron chi connectivity index (χ2n) is 8.57. The zero-order valence-corrected chi connectivity index (χ0v) is 20.4. The highest BCUT2D eigenvalue weighted by molar-refractivity contribution is 6.32. The number of anilines is 1. The fourth-order valence-electron chi connectivity index (χ4n) is 3.89. The molecule has 0 unspecified atom stereocenters. The van der Waals surface area contributed by atoms with Gasteiger partial charge in [0.25, 0.3) is 5.91 Å². The molecule has 1 aliphatic rings. The number of amides is 3. The number of hydrogen-bond acceptors (Lipinski definition) is 6. The Hall–Kier alpha value is -3.56. The van der Waals surface area contributed by atoms with Crippen LogP contribution in [-0.2, 0) is 0 Å². The molecule has 0 saturated carbocycles. The predicted octanol–water partition coefficient (Wildman–Crippen LogP) is 4.25. The summed E-state index contributed by atoms with van der Waals surface area (Å²) < 4.78 is 11.9. The molecule has 1 saturated heterocycles. The predicted molar refractivity (Wildman–Crippen MR) is 136 cm³/mol. The first-order valence-corrected chi connectivity index (χ1v) is 11.7. The van der Waals surface area contributed by atoms with Crippen LogP contribution in [0.2, 0.25) is 5.02 Å². The van der Waals surface area contributed by atoms with Crippen LogP contribution in [0.25, 0.3) is 10.9 Å². The fraction of sp³-hybridized carbons (Fsp3) is 0.320. The molecule has 9 nitrogen and oxygen atoms in total.